The Kier molecular flexibility index (Phi) is 5.57. The highest BCUT2D eigenvalue weighted by Crippen LogP contribution is 2.09. The molecule has 0 radical (unpaired) electrons. The Morgan fingerprint density at radius 1 is 1.18 bits per heavy atom. The van der Waals surface area contributed by atoms with E-state index in [9.17, 15) is 4.79 Å². The molecule has 2 N–H and O–H groups in total. The molecule has 0 fully saturated rings. The smallest absolute Gasteiger partial charge is 0.315 e. The van der Waals surface area contributed by atoms with Gasteiger partial charge in [0.15, 0.2) is 0 Å². The molecule has 7 nitrogen and oxygen atoms in total. The number of carbonyl (C=O) groups excluding carboxylic acids is 1. The summed E-state index contributed by atoms with van der Waals surface area (Å²) in [6, 6.07) is -0.193. The Bertz CT molecular complexity index is 603. The maximum absolute atomic E-state index is 11.8. The lowest BCUT2D eigenvalue weighted by atomic mass is 10.1. The molecule has 0 saturated heterocycles. The van der Waals surface area contributed by atoms with Gasteiger partial charge >= 0.3 is 6.03 Å². The first-order valence-corrected chi connectivity index (χ1v) is 7.55. The quantitative estimate of drug-likeness (QED) is 0.762. The Morgan fingerprint density at radius 3 is 2.55 bits per heavy atom. The van der Waals surface area contributed by atoms with Gasteiger partial charge in [-0.2, -0.15) is 10.2 Å². The minimum atomic E-state index is -0.141. The van der Waals surface area contributed by atoms with Crippen molar-refractivity contribution in [1.82, 2.24) is 30.2 Å². The van der Waals surface area contributed by atoms with E-state index in [0.717, 1.165) is 24.8 Å². The number of hydrogen-bond acceptors (Lipinski definition) is 3. The number of unbranched alkanes of at least 4 members (excludes halogenated alkanes) is 1. The lowest BCUT2D eigenvalue weighted by molar-refractivity contribution is 0.237. The SMILES string of the molecule is CC(NC(=O)NCCCCc1cnn(C)c1)c1cnn(C)c1. The van der Waals surface area contributed by atoms with Gasteiger partial charge in [-0.15, -0.1) is 0 Å². The molecule has 22 heavy (non-hydrogen) atoms. The molecule has 0 bridgehead atoms. The monoisotopic (exact) mass is 304 g/mol. The molecule has 0 spiro atoms. The molecule has 0 saturated carbocycles. The second kappa shape index (κ2) is 7.63. The largest absolute Gasteiger partial charge is 0.338 e. The summed E-state index contributed by atoms with van der Waals surface area (Å²) in [7, 11) is 3.78. The molecular weight excluding hydrogens is 280 g/mol. The van der Waals surface area contributed by atoms with Gasteiger partial charge in [0.05, 0.1) is 18.4 Å². The molecule has 2 aromatic rings. The molecule has 2 rings (SSSR count). The highest BCUT2D eigenvalue weighted by molar-refractivity contribution is 5.74. The van der Waals surface area contributed by atoms with Crippen molar-refractivity contribution in [2.24, 2.45) is 14.1 Å². The first-order chi connectivity index (χ1) is 10.5. The minimum Gasteiger partial charge on any atom is -0.338 e. The van der Waals surface area contributed by atoms with E-state index in [0.29, 0.717) is 6.54 Å². The summed E-state index contributed by atoms with van der Waals surface area (Å²) in [6.07, 6.45) is 10.5. The zero-order valence-electron chi connectivity index (χ0n) is 13.4. The van der Waals surface area contributed by atoms with Crippen molar-refractivity contribution >= 4 is 6.03 Å². The van der Waals surface area contributed by atoms with Gasteiger partial charge in [-0.25, -0.2) is 4.79 Å². The number of aromatic nitrogens is 4. The van der Waals surface area contributed by atoms with Crippen LogP contribution in [-0.4, -0.2) is 32.1 Å². The standard InChI is InChI=1S/C15H24N6O/c1-12(14-9-18-21(3)11-14)19-15(22)16-7-5-4-6-13-8-17-20(2)10-13/h8-12H,4-7H2,1-3H3,(H2,16,19,22). The van der Waals surface area contributed by atoms with Crippen LogP contribution < -0.4 is 10.6 Å². The van der Waals surface area contributed by atoms with Gasteiger partial charge < -0.3 is 10.6 Å². The van der Waals surface area contributed by atoms with Crippen molar-refractivity contribution in [3.8, 4) is 0 Å². The van der Waals surface area contributed by atoms with Gasteiger partial charge in [0.2, 0.25) is 0 Å². The predicted molar refractivity (Wildman–Crippen MR) is 84.3 cm³/mol. The molecule has 120 valence electrons. The van der Waals surface area contributed by atoms with Crippen LogP contribution in [0, 0.1) is 0 Å². The Labute approximate surface area is 130 Å². The van der Waals surface area contributed by atoms with E-state index >= 15 is 0 Å². The molecule has 0 aliphatic heterocycles. The van der Waals surface area contributed by atoms with Crippen LogP contribution in [0.25, 0.3) is 0 Å². The van der Waals surface area contributed by atoms with E-state index in [1.165, 1.54) is 5.56 Å². The van der Waals surface area contributed by atoms with Gasteiger partial charge in [-0.1, -0.05) is 0 Å². The molecule has 0 aliphatic carbocycles. The normalized spacial score (nSPS) is 12.1. The summed E-state index contributed by atoms with van der Waals surface area (Å²) in [5, 5.41) is 14.0. The lowest BCUT2D eigenvalue weighted by Crippen LogP contribution is -2.37. The van der Waals surface area contributed by atoms with Crippen LogP contribution in [0.1, 0.15) is 36.9 Å². The minimum absolute atomic E-state index is 0.0518. The van der Waals surface area contributed by atoms with Crippen molar-refractivity contribution in [2.45, 2.75) is 32.2 Å². The number of carbonyl (C=O) groups is 1. The van der Waals surface area contributed by atoms with Crippen molar-refractivity contribution in [3.63, 3.8) is 0 Å². The van der Waals surface area contributed by atoms with Crippen LogP contribution >= 0.6 is 0 Å². The zero-order chi connectivity index (χ0) is 15.9. The Hall–Kier alpha value is -2.31. The van der Waals surface area contributed by atoms with Crippen molar-refractivity contribution < 1.29 is 4.79 Å². The molecule has 1 unspecified atom stereocenters. The van der Waals surface area contributed by atoms with Gasteiger partial charge in [0.1, 0.15) is 0 Å². The molecule has 2 amide bonds. The molecular formula is C15H24N6O. The summed E-state index contributed by atoms with van der Waals surface area (Å²) in [4.78, 5) is 11.8. The highest BCUT2D eigenvalue weighted by Gasteiger charge is 2.10. The fourth-order valence-corrected chi connectivity index (χ4v) is 2.25. The topological polar surface area (TPSA) is 76.8 Å². The number of nitrogens with one attached hydrogen (secondary N) is 2. The Balaban J connectivity index is 1.59. The third kappa shape index (κ3) is 4.91. The summed E-state index contributed by atoms with van der Waals surface area (Å²) < 4.78 is 3.53. The highest BCUT2D eigenvalue weighted by atomic mass is 16.2. The lowest BCUT2D eigenvalue weighted by Gasteiger charge is -2.13. The maximum Gasteiger partial charge on any atom is 0.315 e. The van der Waals surface area contributed by atoms with E-state index in [2.05, 4.69) is 20.8 Å². The van der Waals surface area contributed by atoms with Crippen LogP contribution in [0.4, 0.5) is 4.79 Å². The van der Waals surface area contributed by atoms with Crippen molar-refractivity contribution in [3.05, 3.63) is 35.9 Å². The molecule has 2 heterocycles. The summed E-state index contributed by atoms with van der Waals surface area (Å²) in [6.45, 7) is 2.62. The maximum atomic E-state index is 11.8. The second-order valence-corrected chi connectivity index (χ2v) is 5.55. The second-order valence-electron chi connectivity index (χ2n) is 5.55. The fraction of sp³-hybridized carbons (Fsp3) is 0.533. The van der Waals surface area contributed by atoms with E-state index in [-0.39, 0.29) is 12.1 Å². The third-order valence-corrected chi connectivity index (χ3v) is 3.51. The van der Waals surface area contributed by atoms with Crippen LogP contribution in [0.2, 0.25) is 0 Å². The van der Waals surface area contributed by atoms with Crippen LogP contribution in [0.15, 0.2) is 24.8 Å². The number of hydrogen-bond donors (Lipinski definition) is 2. The van der Waals surface area contributed by atoms with Gasteiger partial charge in [0.25, 0.3) is 0 Å². The number of nitrogens with zero attached hydrogens (tertiary/aromatic N) is 4. The van der Waals surface area contributed by atoms with Crippen molar-refractivity contribution in [2.75, 3.05) is 6.54 Å². The van der Waals surface area contributed by atoms with Crippen molar-refractivity contribution in [1.29, 1.82) is 0 Å². The average Bonchev–Trinajstić information content (AvgIpc) is 3.07. The Morgan fingerprint density at radius 2 is 1.91 bits per heavy atom. The number of amides is 2. The van der Waals surface area contributed by atoms with Gasteiger partial charge in [-0.05, 0) is 31.7 Å². The van der Waals surface area contributed by atoms with Gasteiger partial charge in [0, 0.05) is 38.6 Å². The fourth-order valence-electron chi connectivity index (χ4n) is 2.25. The number of urea groups is 1. The summed E-state index contributed by atoms with van der Waals surface area (Å²) >= 11 is 0. The number of rotatable bonds is 7. The van der Waals surface area contributed by atoms with E-state index < -0.39 is 0 Å². The van der Waals surface area contributed by atoms with Gasteiger partial charge in [-0.3, -0.25) is 9.36 Å². The zero-order valence-corrected chi connectivity index (χ0v) is 13.4. The van der Waals surface area contributed by atoms with Crippen LogP contribution in [0.5, 0.6) is 0 Å². The first kappa shape index (κ1) is 16.1. The molecule has 0 aliphatic rings. The van der Waals surface area contributed by atoms with Crippen LogP contribution in [-0.2, 0) is 20.5 Å². The van der Waals surface area contributed by atoms with E-state index in [1.807, 2.05) is 39.6 Å². The third-order valence-electron chi connectivity index (χ3n) is 3.51. The number of aryl methyl sites for hydroxylation is 3. The van der Waals surface area contributed by atoms with E-state index in [4.69, 9.17) is 0 Å². The van der Waals surface area contributed by atoms with E-state index in [1.54, 1.807) is 15.6 Å². The molecule has 7 heteroatoms. The molecule has 0 aromatic carbocycles. The summed E-state index contributed by atoms with van der Waals surface area (Å²) in [5.41, 5.74) is 2.23. The molecule has 2 aromatic heterocycles. The average molecular weight is 304 g/mol. The summed E-state index contributed by atoms with van der Waals surface area (Å²) in [5.74, 6) is 0. The first-order valence-electron chi connectivity index (χ1n) is 7.55. The predicted octanol–water partition coefficient (Wildman–Crippen LogP) is 1.54. The molecule has 1 atom stereocenters. The van der Waals surface area contributed by atoms with Crippen LogP contribution in [0.3, 0.4) is 0 Å².